The molecule has 0 aliphatic heterocycles. The summed E-state index contributed by atoms with van der Waals surface area (Å²) in [6.45, 7) is 0. The summed E-state index contributed by atoms with van der Waals surface area (Å²) < 4.78 is 13.1. The number of rotatable bonds is 2. The summed E-state index contributed by atoms with van der Waals surface area (Å²) >= 11 is 6.03. The number of aromatic nitrogens is 3. The first-order valence-corrected chi connectivity index (χ1v) is 6.53. The highest BCUT2D eigenvalue weighted by Crippen LogP contribution is 2.27. The second-order valence-corrected chi connectivity index (χ2v) is 4.74. The summed E-state index contributed by atoms with van der Waals surface area (Å²) in [5, 5.41) is 0.222. The summed E-state index contributed by atoms with van der Waals surface area (Å²) in [6, 6.07) is 13.4. The molecule has 0 atom stereocenters. The van der Waals surface area contributed by atoms with Crippen molar-refractivity contribution in [3.63, 3.8) is 0 Å². The number of nitrogen functional groups attached to an aromatic ring is 1. The van der Waals surface area contributed by atoms with E-state index in [1.165, 1.54) is 18.2 Å². The molecule has 4 nitrogen and oxygen atoms in total. The molecule has 2 aromatic carbocycles. The lowest BCUT2D eigenvalue weighted by atomic mass is 10.2. The van der Waals surface area contributed by atoms with Gasteiger partial charge in [-0.15, -0.1) is 0 Å². The molecule has 0 bridgehead atoms. The number of nitrogens with zero attached hydrogens (tertiary/aromatic N) is 3. The predicted molar refractivity (Wildman–Crippen MR) is 80.1 cm³/mol. The fourth-order valence-corrected chi connectivity index (χ4v) is 2.15. The Morgan fingerprint density at radius 2 is 1.62 bits per heavy atom. The van der Waals surface area contributed by atoms with Crippen LogP contribution < -0.4 is 5.73 Å². The van der Waals surface area contributed by atoms with Crippen molar-refractivity contribution < 1.29 is 4.39 Å². The van der Waals surface area contributed by atoms with Gasteiger partial charge in [0, 0.05) is 11.1 Å². The first kappa shape index (κ1) is 13.5. The SMILES string of the molecule is Nc1nc(-c2ccccc2)nc(-c2ccc(F)cc2Cl)n1. The van der Waals surface area contributed by atoms with Crippen molar-refractivity contribution in [1.29, 1.82) is 0 Å². The molecule has 1 heterocycles. The van der Waals surface area contributed by atoms with Gasteiger partial charge in [0.2, 0.25) is 5.95 Å². The Labute approximate surface area is 125 Å². The van der Waals surface area contributed by atoms with Crippen molar-refractivity contribution in [3.05, 3.63) is 59.4 Å². The van der Waals surface area contributed by atoms with E-state index in [4.69, 9.17) is 17.3 Å². The van der Waals surface area contributed by atoms with Crippen molar-refractivity contribution in [1.82, 2.24) is 15.0 Å². The zero-order chi connectivity index (χ0) is 14.8. The maximum atomic E-state index is 13.1. The Morgan fingerprint density at radius 3 is 2.33 bits per heavy atom. The molecule has 0 radical (unpaired) electrons. The van der Waals surface area contributed by atoms with Crippen molar-refractivity contribution in [2.24, 2.45) is 0 Å². The highest BCUT2D eigenvalue weighted by Gasteiger charge is 2.12. The molecule has 0 aliphatic rings. The molecule has 3 rings (SSSR count). The van der Waals surface area contributed by atoms with Crippen molar-refractivity contribution in [2.75, 3.05) is 5.73 Å². The normalized spacial score (nSPS) is 10.6. The fraction of sp³-hybridized carbons (Fsp3) is 0. The topological polar surface area (TPSA) is 64.7 Å². The monoisotopic (exact) mass is 300 g/mol. The largest absolute Gasteiger partial charge is 0.368 e. The van der Waals surface area contributed by atoms with Gasteiger partial charge in [-0.1, -0.05) is 41.9 Å². The van der Waals surface area contributed by atoms with Crippen LogP contribution in [0.15, 0.2) is 48.5 Å². The van der Waals surface area contributed by atoms with Crippen LogP contribution in [0.5, 0.6) is 0 Å². The van der Waals surface area contributed by atoms with E-state index in [-0.39, 0.29) is 11.0 Å². The molecule has 1 aromatic heterocycles. The van der Waals surface area contributed by atoms with E-state index in [0.717, 1.165) is 5.56 Å². The third kappa shape index (κ3) is 2.83. The summed E-state index contributed by atoms with van der Waals surface area (Å²) in [5.74, 6) is 0.415. The smallest absolute Gasteiger partial charge is 0.224 e. The van der Waals surface area contributed by atoms with Crippen molar-refractivity contribution in [3.8, 4) is 22.8 Å². The molecule has 0 aliphatic carbocycles. The number of hydrogen-bond acceptors (Lipinski definition) is 4. The van der Waals surface area contributed by atoms with Gasteiger partial charge in [-0.3, -0.25) is 0 Å². The number of anilines is 1. The van der Waals surface area contributed by atoms with Gasteiger partial charge in [0.1, 0.15) is 5.82 Å². The number of halogens is 2. The third-order valence-electron chi connectivity index (χ3n) is 2.86. The maximum absolute atomic E-state index is 13.1. The average molecular weight is 301 g/mol. The van der Waals surface area contributed by atoms with Crippen LogP contribution in [0.1, 0.15) is 0 Å². The Morgan fingerprint density at radius 1 is 0.905 bits per heavy atom. The van der Waals surface area contributed by atoms with Gasteiger partial charge in [0.25, 0.3) is 0 Å². The molecular weight excluding hydrogens is 291 g/mol. The zero-order valence-corrected chi connectivity index (χ0v) is 11.5. The van der Waals surface area contributed by atoms with Gasteiger partial charge >= 0.3 is 0 Å². The Hall–Kier alpha value is -2.53. The average Bonchev–Trinajstić information content (AvgIpc) is 2.47. The van der Waals surface area contributed by atoms with Crippen molar-refractivity contribution in [2.45, 2.75) is 0 Å². The molecule has 21 heavy (non-hydrogen) atoms. The van der Waals surface area contributed by atoms with Gasteiger partial charge < -0.3 is 5.73 Å². The van der Waals surface area contributed by atoms with E-state index in [0.29, 0.717) is 17.2 Å². The van der Waals surface area contributed by atoms with Crippen LogP contribution in [0.2, 0.25) is 5.02 Å². The quantitative estimate of drug-likeness (QED) is 0.785. The lowest BCUT2D eigenvalue weighted by Crippen LogP contribution is -2.02. The third-order valence-corrected chi connectivity index (χ3v) is 3.17. The van der Waals surface area contributed by atoms with Crippen LogP contribution in [0.3, 0.4) is 0 Å². The first-order chi connectivity index (χ1) is 10.1. The van der Waals surface area contributed by atoms with Crippen LogP contribution in [-0.2, 0) is 0 Å². The lowest BCUT2D eigenvalue weighted by molar-refractivity contribution is 0.628. The van der Waals surface area contributed by atoms with Crippen molar-refractivity contribution >= 4 is 17.5 Å². The van der Waals surface area contributed by atoms with Crippen LogP contribution in [0, 0.1) is 5.82 Å². The Balaban J connectivity index is 2.14. The molecule has 3 aromatic rings. The summed E-state index contributed by atoms with van der Waals surface area (Å²) in [7, 11) is 0. The highest BCUT2D eigenvalue weighted by atomic mass is 35.5. The van der Waals surface area contributed by atoms with Crippen LogP contribution in [0.4, 0.5) is 10.3 Å². The van der Waals surface area contributed by atoms with Crippen LogP contribution >= 0.6 is 11.6 Å². The minimum Gasteiger partial charge on any atom is -0.368 e. The van der Waals surface area contributed by atoms with E-state index < -0.39 is 5.82 Å². The lowest BCUT2D eigenvalue weighted by Gasteiger charge is -2.06. The van der Waals surface area contributed by atoms with E-state index in [1.807, 2.05) is 30.3 Å². The first-order valence-electron chi connectivity index (χ1n) is 6.16. The molecule has 0 spiro atoms. The second-order valence-electron chi connectivity index (χ2n) is 4.33. The number of benzene rings is 2. The van der Waals surface area contributed by atoms with E-state index in [1.54, 1.807) is 0 Å². The standard InChI is InChI=1S/C15H10ClFN4/c16-12-8-10(17)6-7-11(12)14-19-13(20-15(18)21-14)9-4-2-1-3-5-9/h1-8H,(H2,18,19,20,21). The summed E-state index contributed by atoms with van der Waals surface area (Å²) in [4.78, 5) is 12.5. The predicted octanol–water partition coefficient (Wildman–Crippen LogP) is 3.58. The van der Waals surface area contributed by atoms with E-state index in [2.05, 4.69) is 15.0 Å². The molecule has 0 amide bonds. The molecule has 0 fully saturated rings. The van der Waals surface area contributed by atoms with Crippen LogP contribution in [0.25, 0.3) is 22.8 Å². The van der Waals surface area contributed by atoms with Gasteiger partial charge in [-0.05, 0) is 18.2 Å². The Bertz CT molecular complexity index is 793. The zero-order valence-electron chi connectivity index (χ0n) is 10.8. The Kier molecular flexibility index (Phi) is 3.50. The minimum absolute atomic E-state index is 0.0826. The molecular formula is C15H10ClFN4. The van der Waals surface area contributed by atoms with Gasteiger partial charge in [-0.25, -0.2) is 9.37 Å². The molecule has 104 valence electrons. The number of hydrogen-bond donors (Lipinski definition) is 1. The highest BCUT2D eigenvalue weighted by molar-refractivity contribution is 6.33. The number of nitrogens with two attached hydrogens (primary N) is 1. The second kappa shape index (κ2) is 5.46. The van der Waals surface area contributed by atoms with E-state index >= 15 is 0 Å². The minimum atomic E-state index is -0.422. The summed E-state index contributed by atoms with van der Waals surface area (Å²) in [6.07, 6.45) is 0. The summed E-state index contributed by atoms with van der Waals surface area (Å²) in [5.41, 5.74) is 7.05. The van der Waals surface area contributed by atoms with E-state index in [9.17, 15) is 4.39 Å². The molecule has 0 unspecified atom stereocenters. The molecule has 2 N–H and O–H groups in total. The van der Waals surface area contributed by atoms with Crippen LogP contribution in [-0.4, -0.2) is 15.0 Å². The molecule has 0 saturated carbocycles. The molecule has 6 heteroatoms. The fourth-order valence-electron chi connectivity index (χ4n) is 1.90. The van der Waals surface area contributed by atoms with Gasteiger partial charge in [0.05, 0.1) is 5.02 Å². The van der Waals surface area contributed by atoms with Gasteiger partial charge in [0.15, 0.2) is 11.6 Å². The molecule has 0 saturated heterocycles. The van der Waals surface area contributed by atoms with Gasteiger partial charge in [-0.2, -0.15) is 9.97 Å². The maximum Gasteiger partial charge on any atom is 0.224 e.